The van der Waals surface area contributed by atoms with E-state index in [1.165, 1.54) is 12.1 Å². The van der Waals surface area contributed by atoms with Crippen molar-refractivity contribution in [1.82, 2.24) is 0 Å². The minimum absolute atomic E-state index is 0.130. The van der Waals surface area contributed by atoms with E-state index in [0.29, 0.717) is 6.61 Å². The van der Waals surface area contributed by atoms with Crippen LogP contribution < -0.4 is 4.74 Å². The molecule has 1 aromatic heterocycles. The van der Waals surface area contributed by atoms with Crippen molar-refractivity contribution in [3.05, 3.63) is 78.1 Å². The average molecular weight is 294 g/mol. The Morgan fingerprint density at radius 2 is 1.59 bits per heavy atom. The van der Waals surface area contributed by atoms with E-state index in [4.69, 9.17) is 14.3 Å². The maximum absolute atomic E-state index is 10.7. The maximum atomic E-state index is 10.7. The molecule has 0 saturated carbocycles. The third-order valence-corrected chi connectivity index (χ3v) is 3.23. The van der Waals surface area contributed by atoms with Crippen molar-refractivity contribution in [3.8, 4) is 17.1 Å². The molecule has 0 amide bonds. The van der Waals surface area contributed by atoms with Crippen LogP contribution >= 0.6 is 0 Å². The van der Waals surface area contributed by atoms with Gasteiger partial charge in [-0.25, -0.2) is 4.79 Å². The molecule has 4 heteroatoms. The number of carboxylic acids is 1. The predicted octanol–water partition coefficient (Wildman–Crippen LogP) is 4.22. The van der Waals surface area contributed by atoms with E-state index in [9.17, 15) is 4.79 Å². The van der Waals surface area contributed by atoms with Crippen LogP contribution in [-0.2, 0) is 6.61 Å². The number of rotatable bonds is 5. The lowest BCUT2D eigenvalue weighted by Crippen LogP contribution is -1.95. The highest BCUT2D eigenvalue weighted by Gasteiger charge is 2.09. The van der Waals surface area contributed by atoms with E-state index in [1.807, 2.05) is 42.5 Å². The molecule has 0 spiro atoms. The summed E-state index contributed by atoms with van der Waals surface area (Å²) >= 11 is 0. The van der Waals surface area contributed by atoms with Gasteiger partial charge < -0.3 is 14.3 Å². The summed E-state index contributed by atoms with van der Waals surface area (Å²) < 4.78 is 10.5. The topological polar surface area (TPSA) is 59.7 Å². The van der Waals surface area contributed by atoms with Crippen LogP contribution in [0.25, 0.3) is 11.1 Å². The van der Waals surface area contributed by atoms with Crippen LogP contribution in [0.5, 0.6) is 5.95 Å². The third-order valence-electron chi connectivity index (χ3n) is 3.23. The molecule has 4 nitrogen and oxygen atoms in total. The van der Waals surface area contributed by atoms with Crippen LogP contribution in [0.4, 0.5) is 0 Å². The van der Waals surface area contributed by atoms with Crippen LogP contribution in [0.3, 0.4) is 0 Å². The van der Waals surface area contributed by atoms with Gasteiger partial charge in [0.2, 0.25) is 5.76 Å². The van der Waals surface area contributed by atoms with Gasteiger partial charge in [-0.1, -0.05) is 54.6 Å². The second-order valence-electron chi connectivity index (χ2n) is 4.78. The zero-order valence-electron chi connectivity index (χ0n) is 11.7. The SMILES string of the molecule is O=C(O)c1ccc(OCc2ccc(-c3ccccc3)cc2)o1. The monoisotopic (exact) mass is 294 g/mol. The van der Waals surface area contributed by atoms with E-state index in [1.54, 1.807) is 0 Å². The van der Waals surface area contributed by atoms with Crippen molar-refractivity contribution < 1.29 is 19.1 Å². The number of carbonyl (C=O) groups is 1. The van der Waals surface area contributed by atoms with E-state index >= 15 is 0 Å². The maximum Gasteiger partial charge on any atom is 0.371 e. The zero-order valence-corrected chi connectivity index (χ0v) is 11.7. The Kier molecular flexibility index (Phi) is 3.92. The zero-order chi connectivity index (χ0) is 15.4. The molecule has 3 rings (SSSR count). The van der Waals surface area contributed by atoms with Crippen LogP contribution in [0, 0.1) is 0 Å². The lowest BCUT2D eigenvalue weighted by molar-refractivity contribution is 0.0652. The van der Waals surface area contributed by atoms with Gasteiger partial charge in [0.25, 0.3) is 5.95 Å². The summed E-state index contributed by atoms with van der Waals surface area (Å²) in [5, 5.41) is 8.77. The van der Waals surface area contributed by atoms with Crippen LogP contribution in [0.2, 0.25) is 0 Å². The molecular formula is C18H14O4. The number of hydrogen-bond donors (Lipinski definition) is 1. The molecule has 3 aromatic rings. The molecule has 2 aromatic carbocycles. The smallest absolute Gasteiger partial charge is 0.371 e. The number of hydrogen-bond acceptors (Lipinski definition) is 3. The summed E-state index contributed by atoms with van der Waals surface area (Å²) in [7, 11) is 0. The van der Waals surface area contributed by atoms with Gasteiger partial charge in [0.05, 0.1) is 0 Å². The Hall–Kier alpha value is -3.01. The first-order valence-electron chi connectivity index (χ1n) is 6.83. The van der Waals surface area contributed by atoms with Crippen molar-refractivity contribution >= 4 is 5.97 Å². The minimum atomic E-state index is -1.11. The van der Waals surface area contributed by atoms with E-state index in [2.05, 4.69) is 12.1 Å². The van der Waals surface area contributed by atoms with E-state index in [-0.39, 0.29) is 11.7 Å². The molecule has 22 heavy (non-hydrogen) atoms. The molecule has 0 aliphatic carbocycles. The fraction of sp³-hybridized carbons (Fsp3) is 0.0556. The van der Waals surface area contributed by atoms with E-state index < -0.39 is 5.97 Å². The van der Waals surface area contributed by atoms with Crippen LogP contribution in [0.15, 0.2) is 71.1 Å². The molecular weight excluding hydrogens is 280 g/mol. The van der Waals surface area contributed by atoms with Crippen LogP contribution in [0.1, 0.15) is 16.1 Å². The summed E-state index contributed by atoms with van der Waals surface area (Å²) in [6.45, 7) is 0.321. The number of ether oxygens (including phenoxy) is 1. The molecule has 0 unspecified atom stereocenters. The summed E-state index contributed by atoms with van der Waals surface area (Å²) in [6, 6.07) is 21.0. The standard InChI is InChI=1S/C18H14O4/c19-18(20)16-10-11-17(22-16)21-12-13-6-8-15(9-7-13)14-4-2-1-3-5-14/h1-11H,12H2,(H,19,20). The Morgan fingerprint density at radius 3 is 2.23 bits per heavy atom. The number of carboxylic acid groups (broad SMARTS) is 1. The molecule has 1 N–H and O–H groups in total. The minimum Gasteiger partial charge on any atom is -0.475 e. The molecule has 1 heterocycles. The van der Waals surface area contributed by atoms with Crippen molar-refractivity contribution in [3.63, 3.8) is 0 Å². The highest BCUT2D eigenvalue weighted by molar-refractivity contribution is 5.84. The average Bonchev–Trinajstić information content (AvgIpc) is 3.04. The number of aromatic carboxylic acids is 1. The Bertz CT molecular complexity index is 757. The summed E-state index contributed by atoms with van der Waals surface area (Å²) in [5.74, 6) is -1.04. The predicted molar refractivity (Wildman–Crippen MR) is 81.9 cm³/mol. The van der Waals surface area contributed by atoms with Gasteiger partial charge in [-0.15, -0.1) is 0 Å². The normalized spacial score (nSPS) is 10.4. The Labute approximate surface area is 127 Å². The first kappa shape index (κ1) is 13.9. The highest BCUT2D eigenvalue weighted by atomic mass is 16.6. The van der Waals surface area contributed by atoms with Gasteiger partial charge in [0.15, 0.2) is 0 Å². The summed E-state index contributed by atoms with van der Waals surface area (Å²) in [5.41, 5.74) is 3.27. The quantitative estimate of drug-likeness (QED) is 0.765. The lowest BCUT2D eigenvalue weighted by Gasteiger charge is -2.05. The molecule has 0 fully saturated rings. The highest BCUT2D eigenvalue weighted by Crippen LogP contribution is 2.21. The largest absolute Gasteiger partial charge is 0.475 e. The Balaban J connectivity index is 1.65. The second-order valence-corrected chi connectivity index (χ2v) is 4.78. The summed E-state index contributed by atoms with van der Waals surface area (Å²) in [4.78, 5) is 10.7. The Morgan fingerprint density at radius 1 is 0.909 bits per heavy atom. The first-order valence-corrected chi connectivity index (χ1v) is 6.83. The van der Waals surface area contributed by atoms with Crippen molar-refractivity contribution in [2.75, 3.05) is 0 Å². The summed E-state index contributed by atoms with van der Waals surface area (Å²) in [6.07, 6.45) is 0. The van der Waals surface area contributed by atoms with Gasteiger partial charge in [-0.3, -0.25) is 0 Å². The fourth-order valence-corrected chi connectivity index (χ4v) is 2.09. The molecule has 0 aliphatic heterocycles. The molecule has 0 bridgehead atoms. The number of benzene rings is 2. The van der Waals surface area contributed by atoms with Gasteiger partial charge in [-0.2, -0.15) is 0 Å². The second kappa shape index (κ2) is 6.18. The third kappa shape index (κ3) is 3.17. The lowest BCUT2D eigenvalue weighted by atomic mass is 10.0. The molecule has 0 aliphatic rings. The van der Waals surface area contributed by atoms with Gasteiger partial charge >= 0.3 is 5.97 Å². The molecule has 0 atom stereocenters. The first-order chi connectivity index (χ1) is 10.7. The molecule has 110 valence electrons. The van der Waals surface area contributed by atoms with Crippen molar-refractivity contribution in [2.24, 2.45) is 0 Å². The van der Waals surface area contributed by atoms with Gasteiger partial charge in [0, 0.05) is 6.07 Å². The van der Waals surface area contributed by atoms with Crippen molar-refractivity contribution in [1.29, 1.82) is 0 Å². The molecule has 0 radical (unpaired) electrons. The van der Waals surface area contributed by atoms with Crippen molar-refractivity contribution in [2.45, 2.75) is 6.61 Å². The number of furan rings is 1. The van der Waals surface area contributed by atoms with E-state index in [0.717, 1.165) is 16.7 Å². The molecule has 0 saturated heterocycles. The van der Waals surface area contributed by atoms with Gasteiger partial charge in [0.1, 0.15) is 6.61 Å². The van der Waals surface area contributed by atoms with Gasteiger partial charge in [-0.05, 0) is 22.8 Å². The fourth-order valence-electron chi connectivity index (χ4n) is 2.09. The van der Waals surface area contributed by atoms with Crippen LogP contribution in [-0.4, -0.2) is 11.1 Å².